The molecule has 1 atom stereocenters. The number of rotatable bonds is 5. The predicted molar refractivity (Wildman–Crippen MR) is 117 cm³/mol. The van der Waals surface area contributed by atoms with Crippen molar-refractivity contribution in [2.24, 2.45) is 5.92 Å². The van der Waals surface area contributed by atoms with E-state index in [1.54, 1.807) is 13.3 Å². The Labute approximate surface area is 187 Å². The van der Waals surface area contributed by atoms with Crippen molar-refractivity contribution >= 4 is 11.8 Å². The molecular formula is C24H30N4O4. The second-order valence-corrected chi connectivity index (χ2v) is 9.02. The summed E-state index contributed by atoms with van der Waals surface area (Å²) in [5, 5.41) is 3.01. The maximum Gasteiger partial charge on any atom is 0.251 e. The van der Waals surface area contributed by atoms with Gasteiger partial charge in [-0.2, -0.15) is 0 Å². The van der Waals surface area contributed by atoms with Gasteiger partial charge in [0, 0.05) is 50.8 Å². The fourth-order valence-electron chi connectivity index (χ4n) is 4.92. The highest BCUT2D eigenvalue weighted by Crippen LogP contribution is 2.41. The number of imidazole rings is 1. The van der Waals surface area contributed by atoms with Gasteiger partial charge in [-0.3, -0.25) is 9.59 Å². The van der Waals surface area contributed by atoms with Crippen molar-refractivity contribution in [2.75, 3.05) is 20.2 Å². The largest absolute Gasteiger partial charge is 0.497 e. The molecule has 32 heavy (non-hydrogen) atoms. The lowest BCUT2D eigenvalue weighted by atomic mass is 9.82. The van der Waals surface area contributed by atoms with Crippen LogP contribution in [0.5, 0.6) is 5.75 Å². The van der Waals surface area contributed by atoms with Crippen LogP contribution in [0.2, 0.25) is 0 Å². The van der Waals surface area contributed by atoms with Crippen LogP contribution in [-0.4, -0.2) is 52.6 Å². The van der Waals surface area contributed by atoms with Gasteiger partial charge in [0.05, 0.1) is 13.7 Å². The molecule has 1 N–H and O–H groups in total. The summed E-state index contributed by atoms with van der Waals surface area (Å²) in [5.41, 5.74) is 0.371. The minimum atomic E-state index is -0.625. The van der Waals surface area contributed by atoms with Crippen LogP contribution < -0.4 is 10.1 Å². The molecule has 0 radical (unpaired) electrons. The molecule has 3 aliphatic rings. The Kier molecular flexibility index (Phi) is 5.63. The van der Waals surface area contributed by atoms with E-state index in [1.807, 2.05) is 39.9 Å². The van der Waals surface area contributed by atoms with Gasteiger partial charge < -0.3 is 24.3 Å². The van der Waals surface area contributed by atoms with Crippen LogP contribution in [0.3, 0.4) is 0 Å². The summed E-state index contributed by atoms with van der Waals surface area (Å²) >= 11 is 0. The SMILES string of the molecule is COc1ccc(CNC(=O)C2Cn3ccnc3C3(CCN(C(=O)C4CCC4)CC3)O2)cc1. The number of aromatic nitrogens is 2. The molecular weight excluding hydrogens is 408 g/mol. The molecule has 170 valence electrons. The summed E-state index contributed by atoms with van der Waals surface area (Å²) in [6.45, 7) is 2.15. The Morgan fingerprint density at radius 3 is 2.62 bits per heavy atom. The number of likely N-dealkylation sites (tertiary alicyclic amines) is 1. The third kappa shape index (κ3) is 3.88. The van der Waals surface area contributed by atoms with Crippen molar-refractivity contribution in [2.45, 2.75) is 56.9 Å². The van der Waals surface area contributed by atoms with E-state index in [1.165, 1.54) is 0 Å². The van der Waals surface area contributed by atoms with Gasteiger partial charge in [-0.25, -0.2) is 4.98 Å². The second kappa shape index (κ2) is 8.58. The first-order chi connectivity index (χ1) is 15.6. The number of piperidine rings is 1. The highest BCUT2D eigenvalue weighted by atomic mass is 16.5. The van der Waals surface area contributed by atoms with Gasteiger partial charge in [0.25, 0.3) is 5.91 Å². The maximum atomic E-state index is 13.0. The van der Waals surface area contributed by atoms with E-state index < -0.39 is 11.7 Å². The average Bonchev–Trinajstić information content (AvgIpc) is 3.27. The highest BCUT2D eigenvalue weighted by Gasteiger charge is 2.48. The Hall–Kier alpha value is -2.87. The Morgan fingerprint density at radius 2 is 1.97 bits per heavy atom. The predicted octanol–water partition coefficient (Wildman–Crippen LogP) is 2.22. The van der Waals surface area contributed by atoms with E-state index >= 15 is 0 Å². The van der Waals surface area contributed by atoms with E-state index in [-0.39, 0.29) is 17.7 Å². The average molecular weight is 439 g/mol. The second-order valence-electron chi connectivity index (χ2n) is 9.02. The van der Waals surface area contributed by atoms with Crippen molar-refractivity contribution < 1.29 is 19.1 Å². The van der Waals surface area contributed by atoms with Crippen LogP contribution in [0.25, 0.3) is 0 Å². The molecule has 2 fully saturated rings. The van der Waals surface area contributed by atoms with Crippen molar-refractivity contribution in [1.29, 1.82) is 0 Å². The van der Waals surface area contributed by atoms with Gasteiger partial charge >= 0.3 is 0 Å². The molecule has 3 heterocycles. The number of amides is 2. The zero-order valence-electron chi connectivity index (χ0n) is 18.5. The number of carbonyl (C=O) groups is 2. The zero-order chi connectivity index (χ0) is 22.1. The lowest BCUT2D eigenvalue weighted by Crippen LogP contribution is -2.55. The summed E-state index contributed by atoms with van der Waals surface area (Å²) in [6.07, 6.45) is 7.58. The minimum absolute atomic E-state index is 0.132. The monoisotopic (exact) mass is 438 g/mol. The molecule has 1 unspecified atom stereocenters. The van der Waals surface area contributed by atoms with Crippen LogP contribution >= 0.6 is 0 Å². The summed E-state index contributed by atoms with van der Waals surface area (Å²) in [5.74, 6) is 2.00. The van der Waals surface area contributed by atoms with E-state index in [0.29, 0.717) is 39.0 Å². The highest BCUT2D eigenvalue weighted by molar-refractivity contribution is 5.81. The first kappa shape index (κ1) is 21.0. The minimum Gasteiger partial charge on any atom is -0.497 e. The molecule has 1 aromatic heterocycles. The fraction of sp³-hybridized carbons (Fsp3) is 0.542. The molecule has 1 spiro atoms. The molecule has 0 bridgehead atoms. The zero-order valence-corrected chi connectivity index (χ0v) is 18.5. The van der Waals surface area contributed by atoms with Gasteiger partial charge in [-0.05, 0) is 30.5 Å². The van der Waals surface area contributed by atoms with Crippen molar-refractivity contribution in [3.8, 4) is 5.75 Å². The maximum absolute atomic E-state index is 13.0. The van der Waals surface area contributed by atoms with Gasteiger partial charge in [0.1, 0.15) is 17.2 Å². The van der Waals surface area contributed by atoms with Crippen LogP contribution in [0.4, 0.5) is 0 Å². The lowest BCUT2D eigenvalue weighted by Gasteiger charge is -2.46. The van der Waals surface area contributed by atoms with Gasteiger partial charge in [0.2, 0.25) is 5.91 Å². The molecule has 1 saturated heterocycles. The number of hydrogen-bond donors (Lipinski definition) is 1. The molecule has 8 heteroatoms. The normalized spacial score (nSPS) is 22.2. The van der Waals surface area contributed by atoms with Gasteiger partial charge in [-0.15, -0.1) is 0 Å². The number of hydrogen-bond acceptors (Lipinski definition) is 5. The molecule has 1 aliphatic carbocycles. The topological polar surface area (TPSA) is 85.7 Å². The lowest BCUT2D eigenvalue weighted by molar-refractivity contribution is -0.177. The Balaban J connectivity index is 1.25. The number of ether oxygens (including phenoxy) is 2. The number of fused-ring (bicyclic) bond motifs is 2. The van der Waals surface area contributed by atoms with Crippen LogP contribution in [-0.2, 0) is 33.0 Å². The van der Waals surface area contributed by atoms with E-state index in [0.717, 1.165) is 36.4 Å². The quantitative estimate of drug-likeness (QED) is 0.774. The van der Waals surface area contributed by atoms with E-state index in [4.69, 9.17) is 9.47 Å². The number of nitrogens with one attached hydrogen (secondary N) is 1. The van der Waals surface area contributed by atoms with Crippen LogP contribution in [0.1, 0.15) is 43.5 Å². The molecule has 5 rings (SSSR count). The Bertz CT molecular complexity index is 974. The summed E-state index contributed by atoms with van der Waals surface area (Å²) in [6, 6.07) is 7.63. The fourth-order valence-corrected chi connectivity index (χ4v) is 4.92. The molecule has 2 aromatic rings. The molecule has 8 nitrogen and oxygen atoms in total. The van der Waals surface area contributed by atoms with Gasteiger partial charge in [0.15, 0.2) is 6.10 Å². The first-order valence-electron chi connectivity index (χ1n) is 11.5. The first-order valence-corrected chi connectivity index (χ1v) is 11.5. The Morgan fingerprint density at radius 1 is 1.22 bits per heavy atom. The summed E-state index contributed by atoms with van der Waals surface area (Å²) in [4.78, 5) is 32.2. The molecule has 1 saturated carbocycles. The van der Waals surface area contributed by atoms with Crippen molar-refractivity contribution in [3.05, 3.63) is 48.0 Å². The van der Waals surface area contributed by atoms with E-state index in [2.05, 4.69) is 10.3 Å². The number of benzene rings is 1. The molecule has 2 amide bonds. The standard InChI is InChI=1S/C24H30N4O4/c1-31-19-7-5-17(6-8-19)15-26-21(29)20-16-28-14-11-25-23(28)24(32-20)9-12-27(13-10-24)22(30)18-3-2-4-18/h5-8,11,14,18,20H,2-4,9-10,12-13,15-16H2,1H3,(H,26,29). The van der Waals surface area contributed by atoms with Crippen LogP contribution in [0, 0.1) is 5.92 Å². The number of methoxy groups -OCH3 is 1. The molecule has 1 aromatic carbocycles. The smallest absolute Gasteiger partial charge is 0.251 e. The summed E-state index contributed by atoms with van der Waals surface area (Å²) < 4.78 is 13.7. The summed E-state index contributed by atoms with van der Waals surface area (Å²) in [7, 11) is 1.63. The number of carbonyl (C=O) groups excluding carboxylic acids is 2. The number of nitrogens with zero attached hydrogens (tertiary/aromatic N) is 3. The molecule has 2 aliphatic heterocycles. The van der Waals surface area contributed by atoms with Crippen LogP contribution in [0.15, 0.2) is 36.7 Å². The van der Waals surface area contributed by atoms with E-state index in [9.17, 15) is 9.59 Å². The van der Waals surface area contributed by atoms with Gasteiger partial charge in [-0.1, -0.05) is 18.6 Å². The van der Waals surface area contributed by atoms with Crippen molar-refractivity contribution in [3.63, 3.8) is 0 Å². The third-order valence-electron chi connectivity index (χ3n) is 7.11. The van der Waals surface area contributed by atoms with Crippen molar-refractivity contribution in [1.82, 2.24) is 19.8 Å². The third-order valence-corrected chi connectivity index (χ3v) is 7.11.